The summed E-state index contributed by atoms with van der Waals surface area (Å²) in [6.07, 6.45) is -2.07. The molecule has 0 radical (unpaired) electrons. The summed E-state index contributed by atoms with van der Waals surface area (Å²) in [4.78, 5) is 0. The molecule has 0 aliphatic heterocycles. The van der Waals surface area contributed by atoms with Crippen molar-refractivity contribution in [1.82, 2.24) is 0 Å². The molecule has 0 amide bonds. The molecule has 1 aromatic rings. The number of halogens is 1. The minimum absolute atomic E-state index is 0.0482. The highest BCUT2D eigenvalue weighted by Crippen LogP contribution is 2.21. The van der Waals surface area contributed by atoms with E-state index >= 15 is 0 Å². The standard InChI is InChI=1S/C9H12FNO2S/c10-6-2-1-5(3-7(6)11)9(13)8(12)4-14/h1-3,8-9,12-14H,4,11H2. The fourth-order valence-electron chi connectivity index (χ4n) is 1.07. The average molecular weight is 217 g/mol. The molecule has 1 rings (SSSR count). The molecule has 3 nitrogen and oxygen atoms in total. The molecular formula is C9H12FNO2S. The molecule has 0 saturated carbocycles. The summed E-state index contributed by atoms with van der Waals surface area (Å²) in [5.74, 6) is -0.417. The van der Waals surface area contributed by atoms with Gasteiger partial charge in [-0.05, 0) is 17.7 Å². The van der Waals surface area contributed by atoms with Gasteiger partial charge in [-0.3, -0.25) is 0 Å². The Morgan fingerprint density at radius 1 is 1.43 bits per heavy atom. The Balaban J connectivity index is 2.91. The Labute approximate surface area is 86.8 Å². The van der Waals surface area contributed by atoms with Crippen molar-refractivity contribution in [2.75, 3.05) is 11.5 Å². The maximum absolute atomic E-state index is 12.8. The average Bonchev–Trinajstić information content (AvgIpc) is 2.20. The molecule has 0 heterocycles. The number of thiol groups is 1. The Bertz CT molecular complexity index is 322. The van der Waals surface area contributed by atoms with Gasteiger partial charge >= 0.3 is 0 Å². The monoisotopic (exact) mass is 217 g/mol. The highest BCUT2D eigenvalue weighted by atomic mass is 32.1. The molecular weight excluding hydrogens is 205 g/mol. The lowest BCUT2D eigenvalue weighted by Gasteiger charge is -2.16. The molecule has 0 aliphatic carbocycles. The fourth-order valence-corrected chi connectivity index (χ4v) is 1.27. The first kappa shape index (κ1) is 11.3. The summed E-state index contributed by atoms with van der Waals surface area (Å²) in [7, 11) is 0. The van der Waals surface area contributed by atoms with Gasteiger partial charge < -0.3 is 15.9 Å². The van der Waals surface area contributed by atoms with Crippen molar-refractivity contribution in [3.63, 3.8) is 0 Å². The topological polar surface area (TPSA) is 66.5 Å². The second-order valence-corrected chi connectivity index (χ2v) is 3.34. The van der Waals surface area contributed by atoms with Crippen LogP contribution in [0.15, 0.2) is 18.2 Å². The second kappa shape index (κ2) is 4.63. The number of rotatable bonds is 3. The fraction of sp³-hybridized carbons (Fsp3) is 0.333. The van der Waals surface area contributed by atoms with Gasteiger partial charge in [-0.15, -0.1) is 0 Å². The molecule has 78 valence electrons. The van der Waals surface area contributed by atoms with Crippen LogP contribution in [-0.4, -0.2) is 22.1 Å². The number of benzene rings is 1. The molecule has 2 unspecified atom stereocenters. The van der Waals surface area contributed by atoms with Gasteiger partial charge in [-0.25, -0.2) is 4.39 Å². The SMILES string of the molecule is Nc1cc(C(O)C(O)CS)ccc1F. The van der Waals surface area contributed by atoms with Crippen LogP contribution in [0.3, 0.4) is 0 Å². The van der Waals surface area contributed by atoms with Crippen LogP contribution in [0.2, 0.25) is 0 Å². The van der Waals surface area contributed by atoms with Crippen molar-refractivity contribution in [1.29, 1.82) is 0 Å². The lowest BCUT2D eigenvalue weighted by molar-refractivity contribution is 0.0337. The maximum Gasteiger partial charge on any atom is 0.146 e. The zero-order chi connectivity index (χ0) is 10.7. The third-order valence-corrected chi connectivity index (χ3v) is 2.29. The zero-order valence-corrected chi connectivity index (χ0v) is 8.29. The van der Waals surface area contributed by atoms with Crippen LogP contribution in [0.25, 0.3) is 0 Å². The van der Waals surface area contributed by atoms with E-state index in [1.165, 1.54) is 12.1 Å². The van der Waals surface area contributed by atoms with E-state index in [0.29, 0.717) is 5.56 Å². The highest BCUT2D eigenvalue weighted by Gasteiger charge is 2.17. The molecule has 4 N–H and O–H groups in total. The van der Waals surface area contributed by atoms with E-state index in [-0.39, 0.29) is 11.4 Å². The smallest absolute Gasteiger partial charge is 0.146 e. The predicted molar refractivity (Wildman–Crippen MR) is 55.6 cm³/mol. The van der Waals surface area contributed by atoms with Crippen molar-refractivity contribution >= 4 is 18.3 Å². The zero-order valence-electron chi connectivity index (χ0n) is 7.39. The summed E-state index contributed by atoms with van der Waals surface area (Å²) >= 11 is 3.84. The lowest BCUT2D eigenvalue weighted by Crippen LogP contribution is -2.19. The highest BCUT2D eigenvalue weighted by molar-refractivity contribution is 7.80. The largest absolute Gasteiger partial charge is 0.396 e. The molecule has 0 saturated heterocycles. The van der Waals surface area contributed by atoms with Crippen LogP contribution in [0, 0.1) is 5.82 Å². The third kappa shape index (κ3) is 2.37. The van der Waals surface area contributed by atoms with Gasteiger partial charge in [0.2, 0.25) is 0 Å². The predicted octanol–water partition coefficient (Wildman–Crippen LogP) is 0.732. The Morgan fingerprint density at radius 3 is 2.57 bits per heavy atom. The molecule has 0 spiro atoms. The van der Waals surface area contributed by atoms with Gasteiger partial charge in [0.05, 0.1) is 11.8 Å². The Morgan fingerprint density at radius 2 is 2.07 bits per heavy atom. The third-order valence-electron chi connectivity index (χ3n) is 1.91. The van der Waals surface area contributed by atoms with E-state index in [4.69, 9.17) is 5.73 Å². The number of anilines is 1. The number of hydrogen-bond donors (Lipinski definition) is 4. The quantitative estimate of drug-likeness (QED) is 0.446. The van der Waals surface area contributed by atoms with Crippen molar-refractivity contribution in [3.05, 3.63) is 29.6 Å². The number of nitrogen functional groups attached to an aromatic ring is 1. The Hall–Kier alpha value is -0.780. The van der Waals surface area contributed by atoms with E-state index in [2.05, 4.69) is 12.6 Å². The van der Waals surface area contributed by atoms with Crippen LogP contribution in [0.4, 0.5) is 10.1 Å². The molecule has 0 bridgehead atoms. The van der Waals surface area contributed by atoms with Crippen LogP contribution < -0.4 is 5.73 Å². The first-order chi connectivity index (χ1) is 6.56. The van der Waals surface area contributed by atoms with Crippen molar-refractivity contribution < 1.29 is 14.6 Å². The Kier molecular flexibility index (Phi) is 3.74. The molecule has 1 aromatic carbocycles. The van der Waals surface area contributed by atoms with E-state index in [1.807, 2.05) is 0 Å². The minimum Gasteiger partial charge on any atom is -0.396 e. The summed E-state index contributed by atoms with van der Waals surface area (Å²) in [5, 5.41) is 18.8. The molecule has 14 heavy (non-hydrogen) atoms. The molecule has 0 aromatic heterocycles. The summed E-state index contributed by atoms with van der Waals surface area (Å²) in [6.45, 7) is 0. The van der Waals surface area contributed by atoms with Crippen molar-refractivity contribution in [2.45, 2.75) is 12.2 Å². The van der Waals surface area contributed by atoms with E-state index in [9.17, 15) is 14.6 Å². The van der Waals surface area contributed by atoms with Gasteiger partial charge in [-0.1, -0.05) is 6.07 Å². The van der Waals surface area contributed by atoms with Crippen LogP contribution in [-0.2, 0) is 0 Å². The van der Waals surface area contributed by atoms with Gasteiger partial charge in [0.1, 0.15) is 11.9 Å². The van der Waals surface area contributed by atoms with Gasteiger partial charge in [0.15, 0.2) is 0 Å². The molecule has 0 fully saturated rings. The number of nitrogens with two attached hydrogens (primary N) is 1. The number of aliphatic hydroxyl groups excluding tert-OH is 2. The molecule has 0 aliphatic rings. The number of hydrogen-bond acceptors (Lipinski definition) is 4. The van der Waals surface area contributed by atoms with Crippen LogP contribution in [0.1, 0.15) is 11.7 Å². The summed E-state index contributed by atoms with van der Waals surface area (Å²) in [5.41, 5.74) is 5.65. The normalized spacial score (nSPS) is 15.1. The minimum atomic E-state index is -1.09. The van der Waals surface area contributed by atoms with Gasteiger partial charge in [0.25, 0.3) is 0 Å². The van der Waals surface area contributed by atoms with E-state index < -0.39 is 18.0 Å². The lowest BCUT2D eigenvalue weighted by atomic mass is 10.0. The van der Waals surface area contributed by atoms with Crippen molar-refractivity contribution in [2.24, 2.45) is 0 Å². The van der Waals surface area contributed by atoms with Gasteiger partial charge in [-0.2, -0.15) is 12.6 Å². The summed E-state index contributed by atoms with van der Waals surface area (Å²) in [6, 6.07) is 3.83. The first-order valence-electron chi connectivity index (χ1n) is 4.08. The van der Waals surface area contributed by atoms with E-state index in [1.54, 1.807) is 0 Å². The second-order valence-electron chi connectivity index (χ2n) is 2.98. The first-order valence-corrected chi connectivity index (χ1v) is 4.71. The molecule has 5 heteroatoms. The number of aliphatic hydroxyl groups is 2. The van der Waals surface area contributed by atoms with E-state index in [0.717, 1.165) is 6.07 Å². The summed E-state index contributed by atoms with van der Waals surface area (Å²) < 4.78 is 12.8. The van der Waals surface area contributed by atoms with Crippen LogP contribution in [0.5, 0.6) is 0 Å². The van der Waals surface area contributed by atoms with Gasteiger partial charge in [0, 0.05) is 5.75 Å². The van der Waals surface area contributed by atoms with Crippen LogP contribution >= 0.6 is 12.6 Å². The molecule has 2 atom stereocenters. The maximum atomic E-state index is 12.8. The van der Waals surface area contributed by atoms with Crippen molar-refractivity contribution in [3.8, 4) is 0 Å².